The fraction of sp³-hybridized carbons (Fsp3) is 0.273. The summed E-state index contributed by atoms with van der Waals surface area (Å²) in [4.78, 5) is 0. The van der Waals surface area contributed by atoms with E-state index in [1.807, 2.05) is 30.3 Å². The molecule has 0 heterocycles. The van der Waals surface area contributed by atoms with Gasteiger partial charge in [-0.3, -0.25) is 0 Å². The van der Waals surface area contributed by atoms with Gasteiger partial charge in [0.05, 0.1) is 6.10 Å². The van der Waals surface area contributed by atoms with Crippen LogP contribution in [-0.4, -0.2) is 16.8 Å². The van der Waals surface area contributed by atoms with Gasteiger partial charge in [-0.15, -0.1) is 0 Å². The number of aliphatic hydroxyl groups excluding tert-OH is 2. The van der Waals surface area contributed by atoms with E-state index in [1.165, 1.54) is 0 Å². The highest BCUT2D eigenvalue weighted by atomic mass is 16.3. The molecule has 1 atom stereocenters. The third-order valence-corrected chi connectivity index (χ3v) is 1.68. The van der Waals surface area contributed by atoms with Crippen LogP contribution in [0.3, 0.4) is 0 Å². The lowest BCUT2D eigenvalue weighted by Gasteiger charge is -2.05. The van der Waals surface area contributed by atoms with E-state index in [9.17, 15) is 5.11 Å². The van der Waals surface area contributed by atoms with Crippen molar-refractivity contribution in [1.82, 2.24) is 0 Å². The number of aliphatic hydroxyl groups is 2. The average molecular weight is 176 g/mol. The SMILES string of the molecule is OCC#CCC(O)c1ccccc1. The van der Waals surface area contributed by atoms with Crippen molar-refractivity contribution in [3.8, 4) is 11.8 Å². The predicted molar refractivity (Wildman–Crippen MR) is 50.9 cm³/mol. The molecule has 0 aliphatic carbocycles. The maximum Gasteiger partial charge on any atom is 0.104 e. The Balaban J connectivity index is 2.54. The van der Waals surface area contributed by atoms with Crippen LogP contribution in [0.1, 0.15) is 18.1 Å². The zero-order valence-electron chi connectivity index (χ0n) is 7.27. The summed E-state index contributed by atoms with van der Waals surface area (Å²) in [5.41, 5.74) is 0.856. The van der Waals surface area contributed by atoms with Crippen LogP contribution in [0.15, 0.2) is 30.3 Å². The van der Waals surface area contributed by atoms with Crippen molar-refractivity contribution in [2.45, 2.75) is 12.5 Å². The first-order chi connectivity index (χ1) is 6.34. The fourth-order valence-corrected chi connectivity index (χ4v) is 1.02. The van der Waals surface area contributed by atoms with E-state index in [2.05, 4.69) is 11.8 Å². The molecule has 0 saturated carbocycles. The molecule has 0 aliphatic rings. The van der Waals surface area contributed by atoms with Crippen molar-refractivity contribution in [1.29, 1.82) is 0 Å². The molecule has 1 aromatic carbocycles. The third-order valence-electron chi connectivity index (χ3n) is 1.68. The summed E-state index contributed by atoms with van der Waals surface area (Å²) < 4.78 is 0. The van der Waals surface area contributed by atoms with Gasteiger partial charge in [-0.25, -0.2) is 0 Å². The lowest BCUT2D eigenvalue weighted by Crippen LogP contribution is -1.94. The molecule has 0 saturated heterocycles. The maximum absolute atomic E-state index is 9.56. The molecule has 0 aliphatic heterocycles. The highest BCUT2D eigenvalue weighted by Crippen LogP contribution is 2.14. The van der Waals surface area contributed by atoms with E-state index in [0.717, 1.165) is 5.56 Å². The van der Waals surface area contributed by atoms with Crippen LogP contribution in [0.25, 0.3) is 0 Å². The van der Waals surface area contributed by atoms with E-state index in [0.29, 0.717) is 6.42 Å². The second-order valence-corrected chi connectivity index (χ2v) is 2.64. The van der Waals surface area contributed by atoms with Crippen molar-refractivity contribution in [3.63, 3.8) is 0 Å². The van der Waals surface area contributed by atoms with Gasteiger partial charge in [0, 0.05) is 6.42 Å². The first-order valence-electron chi connectivity index (χ1n) is 4.14. The average Bonchev–Trinajstić information content (AvgIpc) is 2.19. The van der Waals surface area contributed by atoms with Crippen molar-refractivity contribution in [3.05, 3.63) is 35.9 Å². The van der Waals surface area contributed by atoms with Gasteiger partial charge in [0.2, 0.25) is 0 Å². The van der Waals surface area contributed by atoms with E-state index < -0.39 is 6.10 Å². The largest absolute Gasteiger partial charge is 0.387 e. The second kappa shape index (κ2) is 5.36. The topological polar surface area (TPSA) is 40.5 Å². The maximum atomic E-state index is 9.56. The van der Waals surface area contributed by atoms with E-state index in [4.69, 9.17) is 5.11 Å². The van der Waals surface area contributed by atoms with E-state index in [1.54, 1.807) is 0 Å². The van der Waals surface area contributed by atoms with E-state index >= 15 is 0 Å². The Morgan fingerprint density at radius 2 is 1.85 bits per heavy atom. The molecule has 2 nitrogen and oxygen atoms in total. The van der Waals surface area contributed by atoms with Gasteiger partial charge in [-0.2, -0.15) is 0 Å². The number of hydrogen-bond donors (Lipinski definition) is 2. The lowest BCUT2D eigenvalue weighted by molar-refractivity contribution is 0.184. The molecule has 1 rings (SSSR count). The van der Waals surface area contributed by atoms with Gasteiger partial charge in [-0.05, 0) is 5.56 Å². The highest BCUT2D eigenvalue weighted by Gasteiger charge is 2.03. The Morgan fingerprint density at radius 3 is 2.46 bits per heavy atom. The lowest BCUT2D eigenvalue weighted by atomic mass is 10.1. The van der Waals surface area contributed by atoms with Crippen LogP contribution < -0.4 is 0 Å². The Labute approximate surface area is 77.8 Å². The van der Waals surface area contributed by atoms with Gasteiger partial charge >= 0.3 is 0 Å². The molecule has 0 spiro atoms. The normalized spacial score (nSPS) is 11.5. The molecule has 0 amide bonds. The van der Waals surface area contributed by atoms with Gasteiger partial charge in [-0.1, -0.05) is 42.2 Å². The number of rotatable bonds is 2. The molecule has 13 heavy (non-hydrogen) atoms. The van der Waals surface area contributed by atoms with Crippen LogP contribution in [0.5, 0.6) is 0 Å². The standard InChI is InChI=1S/C11H12O2/c12-9-5-4-8-11(13)10-6-2-1-3-7-10/h1-3,6-7,11-13H,8-9H2. The van der Waals surface area contributed by atoms with Crippen LogP contribution >= 0.6 is 0 Å². The molecule has 0 bridgehead atoms. The molecule has 1 aromatic rings. The van der Waals surface area contributed by atoms with Crippen LogP contribution in [0.4, 0.5) is 0 Å². The monoisotopic (exact) mass is 176 g/mol. The summed E-state index contributed by atoms with van der Waals surface area (Å²) in [6, 6.07) is 9.35. The van der Waals surface area contributed by atoms with E-state index in [-0.39, 0.29) is 6.61 Å². The first-order valence-corrected chi connectivity index (χ1v) is 4.14. The Hall–Kier alpha value is -1.30. The Bertz CT molecular complexity index is 295. The van der Waals surface area contributed by atoms with Gasteiger partial charge < -0.3 is 10.2 Å². The van der Waals surface area contributed by atoms with Crippen molar-refractivity contribution >= 4 is 0 Å². The van der Waals surface area contributed by atoms with Gasteiger partial charge in [0.1, 0.15) is 6.61 Å². The molecule has 0 radical (unpaired) electrons. The van der Waals surface area contributed by atoms with Gasteiger partial charge in [0.25, 0.3) is 0 Å². The summed E-state index contributed by atoms with van der Waals surface area (Å²) in [5, 5.41) is 18.0. The summed E-state index contributed by atoms with van der Waals surface area (Å²) in [6.45, 7) is -0.151. The summed E-state index contributed by atoms with van der Waals surface area (Å²) in [6.07, 6.45) is -0.190. The van der Waals surface area contributed by atoms with Crippen molar-refractivity contribution < 1.29 is 10.2 Å². The first kappa shape index (κ1) is 9.79. The summed E-state index contributed by atoms with van der Waals surface area (Å²) in [7, 11) is 0. The van der Waals surface area contributed by atoms with Gasteiger partial charge in [0.15, 0.2) is 0 Å². The molecular formula is C11H12O2. The zero-order valence-corrected chi connectivity index (χ0v) is 7.27. The molecule has 68 valence electrons. The van der Waals surface area contributed by atoms with Crippen molar-refractivity contribution in [2.75, 3.05) is 6.61 Å². The Morgan fingerprint density at radius 1 is 1.15 bits per heavy atom. The molecular weight excluding hydrogens is 164 g/mol. The van der Waals surface area contributed by atoms with Crippen molar-refractivity contribution in [2.24, 2.45) is 0 Å². The number of hydrogen-bond acceptors (Lipinski definition) is 2. The third kappa shape index (κ3) is 3.29. The van der Waals surface area contributed by atoms with Crippen LogP contribution in [0.2, 0.25) is 0 Å². The molecule has 0 aromatic heterocycles. The predicted octanol–water partition coefficient (Wildman–Crippen LogP) is 1.11. The quantitative estimate of drug-likeness (QED) is 0.662. The fourth-order valence-electron chi connectivity index (χ4n) is 1.02. The summed E-state index contributed by atoms with van der Waals surface area (Å²) in [5.74, 6) is 5.18. The number of benzene rings is 1. The smallest absolute Gasteiger partial charge is 0.104 e. The molecule has 2 heteroatoms. The minimum absolute atomic E-state index is 0.151. The molecule has 2 N–H and O–H groups in total. The minimum Gasteiger partial charge on any atom is -0.387 e. The molecule has 1 unspecified atom stereocenters. The zero-order chi connectivity index (χ0) is 9.52. The van der Waals surface area contributed by atoms with Crippen LogP contribution in [0, 0.1) is 11.8 Å². The molecule has 0 fully saturated rings. The minimum atomic E-state index is -0.555. The highest BCUT2D eigenvalue weighted by molar-refractivity contribution is 5.19. The summed E-state index contributed by atoms with van der Waals surface area (Å²) >= 11 is 0. The van der Waals surface area contributed by atoms with Crippen LogP contribution in [-0.2, 0) is 0 Å². The Kier molecular flexibility index (Phi) is 4.04. The second-order valence-electron chi connectivity index (χ2n) is 2.64.